The first-order valence-electron chi connectivity index (χ1n) is 6.15. The van der Waals surface area contributed by atoms with Crippen LogP contribution >= 0.6 is 22.6 Å². The van der Waals surface area contributed by atoms with Gasteiger partial charge in [0.15, 0.2) is 6.10 Å². The molecule has 0 bridgehead atoms. The smallest absolute Gasteiger partial charge is 0.347 e. The highest BCUT2D eigenvalue weighted by Gasteiger charge is 2.27. The van der Waals surface area contributed by atoms with Crippen molar-refractivity contribution in [3.05, 3.63) is 31.4 Å². The zero-order chi connectivity index (χ0) is 16.0. The van der Waals surface area contributed by atoms with Crippen LogP contribution in [0.15, 0.2) is 12.1 Å². The summed E-state index contributed by atoms with van der Waals surface area (Å²) >= 11 is 1.83. The molecule has 0 saturated heterocycles. The Labute approximate surface area is 135 Å². The minimum absolute atomic E-state index is 0.0282. The zero-order valence-corrected chi connectivity index (χ0v) is 13.6. The lowest BCUT2D eigenvalue weighted by atomic mass is 10.2. The second-order valence-electron chi connectivity index (χ2n) is 3.94. The summed E-state index contributed by atoms with van der Waals surface area (Å²) in [5, 5.41) is 20.0. The predicted molar refractivity (Wildman–Crippen MR) is 81.9 cm³/mol. The van der Waals surface area contributed by atoms with Crippen LogP contribution in [-0.2, 0) is 9.53 Å². The molecule has 0 aliphatic rings. The van der Waals surface area contributed by atoms with Gasteiger partial charge in [0.05, 0.1) is 26.7 Å². The van der Waals surface area contributed by atoms with E-state index >= 15 is 0 Å². The molecule has 0 amide bonds. The topological polar surface area (TPSA) is 102 Å². The SMILES string of the molecule is CCOC(=O)C(CC)Oc1c(I)cc(C#N)cc1[N+](=O)[O-]. The van der Waals surface area contributed by atoms with Crippen LogP contribution < -0.4 is 4.74 Å². The standard InChI is InChI=1S/C13H13IN2O5/c1-3-11(13(17)20-4-2)21-12-9(14)5-8(7-15)6-10(12)16(18)19/h5-6,11H,3-4H2,1-2H3. The third kappa shape index (κ3) is 4.29. The minimum atomic E-state index is -0.926. The number of carbonyl (C=O) groups is 1. The van der Waals surface area contributed by atoms with Gasteiger partial charge in [0.25, 0.3) is 0 Å². The molecule has 0 aliphatic carbocycles. The molecule has 1 aromatic rings. The van der Waals surface area contributed by atoms with E-state index in [-0.39, 0.29) is 23.6 Å². The first-order chi connectivity index (χ1) is 9.94. The predicted octanol–water partition coefficient (Wildman–Crippen LogP) is 2.79. The summed E-state index contributed by atoms with van der Waals surface area (Å²) in [6, 6.07) is 4.42. The fourth-order valence-corrected chi connectivity index (χ4v) is 2.31. The molecule has 0 aliphatic heterocycles. The molecule has 21 heavy (non-hydrogen) atoms. The van der Waals surface area contributed by atoms with Crippen molar-refractivity contribution in [2.45, 2.75) is 26.4 Å². The van der Waals surface area contributed by atoms with E-state index in [0.29, 0.717) is 9.99 Å². The van der Waals surface area contributed by atoms with E-state index < -0.39 is 17.0 Å². The number of nitro benzene ring substituents is 1. The summed E-state index contributed by atoms with van der Waals surface area (Å²) in [5.74, 6) is -0.603. The third-order valence-corrected chi connectivity index (χ3v) is 3.33. The lowest BCUT2D eigenvalue weighted by Gasteiger charge is -2.17. The van der Waals surface area contributed by atoms with Crippen LogP contribution in [0.2, 0.25) is 0 Å². The van der Waals surface area contributed by atoms with E-state index in [2.05, 4.69) is 0 Å². The summed E-state index contributed by atoms with van der Waals surface area (Å²) < 4.78 is 10.7. The molecular formula is C13H13IN2O5. The van der Waals surface area contributed by atoms with E-state index in [9.17, 15) is 14.9 Å². The fraction of sp³-hybridized carbons (Fsp3) is 0.385. The number of rotatable bonds is 6. The van der Waals surface area contributed by atoms with Crippen molar-refractivity contribution >= 4 is 34.2 Å². The van der Waals surface area contributed by atoms with Gasteiger partial charge in [0.1, 0.15) is 0 Å². The summed E-state index contributed by atoms with van der Waals surface area (Å²) in [6.45, 7) is 3.58. The van der Waals surface area contributed by atoms with E-state index in [1.165, 1.54) is 6.07 Å². The largest absolute Gasteiger partial charge is 0.471 e. The van der Waals surface area contributed by atoms with Crippen LogP contribution in [0.3, 0.4) is 0 Å². The summed E-state index contributed by atoms with van der Waals surface area (Å²) in [5.41, 5.74) is -0.191. The van der Waals surface area contributed by atoms with Crippen molar-refractivity contribution in [1.82, 2.24) is 0 Å². The van der Waals surface area contributed by atoms with Gasteiger partial charge >= 0.3 is 11.7 Å². The van der Waals surface area contributed by atoms with Gasteiger partial charge in [-0.15, -0.1) is 0 Å². The Morgan fingerprint density at radius 1 is 1.52 bits per heavy atom. The van der Waals surface area contributed by atoms with E-state index in [1.807, 2.05) is 28.7 Å². The van der Waals surface area contributed by atoms with Crippen LogP contribution in [0.1, 0.15) is 25.8 Å². The Morgan fingerprint density at radius 3 is 2.67 bits per heavy atom. The Morgan fingerprint density at radius 2 is 2.19 bits per heavy atom. The normalized spacial score (nSPS) is 11.3. The average molecular weight is 404 g/mol. The van der Waals surface area contributed by atoms with E-state index in [0.717, 1.165) is 6.07 Å². The molecule has 1 unspecified atom stereocenters. The first kappa shape index (κ1) is 17.2. The second kappa shape index (κ2) is 7.78. The summed E-state index contributed by atoms with van der Waals surface area (Å²) in [6.07, 6.45) is -0.614. The lowest BCUT2D eigenvalue weighted by Crippen LogP contribution is -2.29. The van der Waals surface area contributed by atoms with Crippen molar-refractivity contribution < 1.29 is 19.2 Å². The van der Waals surface area contributed by atoms with Crippen LogP contribution in [0.25, 0.3) is 0 Å². The Kier molecular flexibility index (Phi) is 6.36. The molecule has 0 heterocycles. The maximum Gasteiger partial charge on any atom is 0.347 e. The van der Waals surface area contributed by atoms with Crippen molar-refractivity contribution in [2.75, 3.05) is 6.61 Å². The number of hydrogen-bond donors (Lipinski definition) is 0. The quantitative estimate of drug-likeness (QED) is 0.313. The van der Waals surface area contributed by atoms with Crippen molar-refractivity contribution in [3.63, 3.8) is 0 Å². The fourth-order valence-electron chi connectivity index (χ4n) is 1.57. The van der Waals surface area contributed by atoms with Crippen LogP contribution in [-0.4, -0.2) is 23.6 Å². The number of halogens is 1. The van der Waals surface area contributed by atoms with Gasteiger partial charge in [-0.2, -0.15) is 5.26 Å². The van der Waals surface area contributed by atoms with Crippen molar-refractivity contribution in [1.29, 1.82) is 5.26 Å². The van der Waals surface area contributed by atoms with Gasteiger partial charge in [-0.3, -0.25) is 10.1 Å². The van der Waals surface area contributed by atoms with Crippen LogP contribution in [0.5, 0.6) is 5.75 Å². The van der Waals surface area contributed by atoms with Gasteiger partial charge in [-0.25, -0.2) is 4.79 Å². The van der Waals surface area contributed by atoms with Gasteiger partial charge in [0, 0.05) is 6.07 Å². The molecule has 1 aromatic carbocycles. The molecule has 1 atom stereocenters. The number of nitrogens with zero attached hydrogens (tertiary/aromatic N) is 2. The Bertz CT molecular complexity index is 597. The summed E-state index contributed by atoms with van der Waals surface area (Å²) in [4.78, 5) is 22.2. The molecule has 0 fully saturated rings. The third-order valence-electron chi connectivity index (χ3n) is 2.53. The average Bonchev–Trinajstić information content (AvgIpc) is 2.45. The molecule has 8 heteroatoms. The molecule has 0 spiro atoms. The number of esters is 1. The van der Waals surface area contributed by atoms with Gasteiger partial charge in [0.2, 0.25) is 5.75 Å². The molecule has 1 rings (SSSR count). The molecule has 112 valence electrons. The Balaban J connectivity index is 3.20. The molecule has 0 radical (unpaired) electrons. The van der Waals surface area contributed by atoms with E-state index in [4.69, 9.17) is 14.7 Å². The van der Waals surface area contributed by atoms with Crippen LogP contribution in [0, 0.1) is 25.0 Å². The maximum atomic E-state index is 11.7. The molecule has 7 nitrogen and oxygen atoms in total. The molecule has 0 saturated carbocycles. The molecular weight excluding hydrogens is 391 g/mol. The number of nitriles is 1. The first-order valence-corrected chi connectivity index (χ1v) is 7.23. The van der Waals surface area contributed by atoms with Gasteiger partial charge < -0.3 is 9.47 Å². The highest BCUT2D eigenvalue weighted by atomic mass is 127. The minimum Gasteiger partial charge on any atom is -0.471 e. The zero-order valence-electron chi connectivity index (χ0n) is 11.5. The molecule has 0 N–H and O–H groups in total. The van der Waals surface area contributed by atoms with Crippen LogP contribution in [0.4, 0.5) is 5.69 Å². The van der Waals surface area contributed by atoms with Crippen molar-refractivity contribution in [2.24, 2.45) is 0 Å². The van der Waals surface area contributed by atoms with Gasteiger partial charge in [-0.1, -0.05) is 6.92 Å². The van der Waals surface area contributed by atoms with Crippen molar-refractivity contribution in [3.8, 4) is 11.8 Å². The maximum absolute atomic E-state index is 11.7. The number of hydrogen-bond acceptors (Lipinski definition) is 6. The number of nitro groups is 1. The van der Waals surface area contributed by atoms with Gasteiger partial charge in [-0.05, 0) is 42.0 Å². The highest BCUT2D eigenvalue weighted by molar-refractivity contribution is 14.1. The number of ether oxygens (including phenoxy) is 2. The number of benzene rings is 1. The van der Waals surface area contributed by atoms with E-state index in [1.54, 1.807) is 13.8 Å². The second-order valence-corrected chi connectivity index (χ2v) is 5.10. The number of carbonyl (C=O) groups excluding carboxylic acids is 1. The molecule has 0 aromatic heterocycles. The summed E-state index contributed by atoms with van der Waals surface area (Å²) in [7, 11) is 0. The lowest BCUT2D eigenvalue weighted by molar-refractivity contribution is -0.386. The highest BCUT2D eigenvalue weighted by Crippen LogP contribution is 2.34. The monoisotopic (exact) mass is 404 g/mol. The Hall–Kier alpha value is -1.89.